The summed E-state index contributed by atoms with van der Waals surface area (Å²) < 4.78 is 0.750. The Hall–Kier alpha value is -1.32. The Morgan fingerprint density at radius 1 is 1.56 bits per heavy atom. The van der Waals surface area contributed by atoms with E-state index in [0.717, 1.165) is 4.57 Å². The first-order chi connectivity index (χ1) is 4.22. The van der Waals surface area contributed by atoms with E-state index < -0.39 is 11.2 Å². The summed E-state index contributed by atoms with van der Waals surface area (Å²) in [6, 6.07) is 1.23. The molecule has 0 unspecified atom stereocenters. The quantitative estimate of drug-likeness (QED) is 0.492. The lowest BCUT2D eigenvalue weighted by molar-refractivity contribution is 0.873. The third-order valence-corrected chi connectivity index (χ3v) is 0.944. The molecule has 4 nitrogen and oxygen atoms in total. The summed E-state index contributed by atoms with van der Waals surface area (Å²) in [4.78, 5) is 23.3. The van der Waals surface area contributed by atoms with Gasteiger partial charge >= 0.3 is 5.69 Å². The summed E-state index contributed by atoms with van der Waals surface area (Å²) in [6.07, 6.45) is 1.28. The predicted octanol–water partition coefficient (Wildman–Crippen LogP) is -0.824. The molecule has 1 heterocycles. The molecule has 0 aliphatic rings. The van der Waals surface area contributed by atoms with Crippen molar-refractivity contribution in [2.45, 2.75) is 0 Å². The van der Waals surface area contributed by atoms with Crippen LogP contribution in [0.1, 0.15) is 0 Å². The summed E-state index contributed by atoms with van der Waals surface area (Å²) >= 11 is 0. The Balaban J connectivity index is 3.62. The molecule has 0 aromatic carbocycles. The fourth-order valence-corrected chi connectivity index (χ4v) is 0.452. The van der Waals surface area contributed by atoms with Gasteiger partial charge < -0.3 is 4.98 Å². The van der Waals surface area contributed by atoms with Crippen molar-refractivity contribution in [2.75, 3.05) is 0 Å². The molecular weight excluding hydrogens is 120 g/mol. The largest absolute Gasteiger partial charge is 0.328 e. The van der Waals surface area contributed by atoms with Crippen LogP contribution in [0, 0.1) is 7.05 Å². The third kappa shape index (κ3) is 0.910. The molecular formula is C5H5N2O2. The van der Waals surface area contributed by atoms with Crippen molar-refractivity contribution in [3.05, 3.63) is 40.1 Å². The number of aromatic nitrogens is 2. The topological polar surface area (TPSA) is 54.9 Å². The molecule has 9 heavy (non-hydrogen) atoms. The molecule has 1 aromatic heterocycles. The van der Waals surface area contributed by atoms with Crippen LogP contribution in [0.5, 0.6) is 0 Å². The van der Waals surface area contributed by atoms with Crippen LogP contribution in [-0.4, -0.2) is 9.55 Å². The molecule has 0 saturated heterocycles. The van der Waals surface area contributed by atoms with Crippen molar-refractivity contribution < 1.29 is 0 Å². The van der Waals surface area contributed by atoms with Gasteiger partial charge in [0, 0.05) is 19.3 Å². The van der Waals surface area contributed by atoms with Gasteiger partial charge in [0.1, 0.15) is 0 Å². The van der Waals surface area contributed by atoms with E-state index in [1.807, 2.05) is 0 Å². The zero-order chi connectivity index (χ0) is 6.85. The zero-order valence-electron chi connectivity index (χ0n) is 4.63. The second kappa shape index (κ2) is 1.89. The van der Waals surface area contributed by atoms with Crippen molar-refractivity contribution in [3.8, 4) is 0 Å². The SMILES string of the molecule is [CH2]n1c(=O)cc[nH]c1=O. The molecule has 47 valence electrons. The van der Waals surface area contributed by atoms with E-state index in [-0.39, 0.29) is 0 Å². The van der Waals surface area contributed by atoms with E-state index in [1.54, 1.807) is 0 Å². The van der Waals surface area contributed by atoms with Crippen LogP contribution >= 0.6 is 0 Å². The normalized spacial score (nSPS) is 9.44. The molecule has 1 radical (unpaired) electrons. The van der Waals surface area contributed by atoms with Crippen LogP contribution in [0.25, 0.3) is 0 Å². The Labute approximate surface area is 50.8 Å². The smallest absolute Gasteiger partial charge is 0.314 e. The molecule has 0 aliphatic heterocycles. The number of nitrogens with one attached hydrogen (secondary N) is 1. The lowest BCUT2D eigenvalue weighted by Gasteiger charge is -1.88. The summed E-state index contributed by atoms with van der Waals surface area (Å²) in [5.74, 6) is 0. The average Bonchev–Trinajstić information content (AvgIpc) is 1.83. The van der Waals surface area contributed by atoms with Gasteiger partial charge in [-0.15, -0.1) is 0 Å². The van der Waals surface area contributed by atoms with Gasteiger partial charge in [-0.1, -0.05) is 0 Å². The maximum Gasteiger partial charge on any atom is 0.328 e. The molecule has 0 saturated carbocycles. The fraction of sp³-hybridized carbons (Fsp3) is 0. The number of nitrogens with zero attached hydrogens (tertiary/aromatic N) is 1. The number of rotatable bonds is 0. The number of H-pyrrole nitrogens is 1. The first-order valence-corrected chi connectivity index (χ1v) is 2.33. The second-order valence-electron chi connectivity index (χ2n) is 1.55. The molecule has 1 rings (SSSR count). The van der Waals surface area contributed by atoms with Crippen LogP contribution in [0.4, 0.5) is 0 Å². The Morgan fingerprint density at radius 2 is 2.22 bits per heavy atom. The van der Waals surface area contributed by atoms with E-state index in [9.17, 15) is 9.59 Å². The van der Waals surface area contributed by atoms with Crippen molar-refractivity contribution in [3.63, 3.8) is 0 Å². The molecule has 0 aliphatic carbocycles. The summed E-state index contributed by atoms with van der Waals surface area (Å²) in [7, 11) is 3.18. The summed E-state index contributed by atoms with van der Waals surface area (Å²) in [6.45, 7) is 0. The fourth-order valence-electron chi connectivity index (χ4n) is 0.452. The van der Waals surface area contributed by atoms with Crippen LogP contribution < -0.4 is 11.2 Å². The van der Waals surface area contributed by atoms with Gasteiger partial charge in [-0.3, -0.25) is 9.36 Å². The highest BCUT2D eigenvalue weighted by Crippen LogP contribution is 1.59. The van der Waals surface area contributed by atoms with Crippen molar-refractivity contribution in [1.82, 2.24) is 9.55 Å². The van der Waals surface area contributed by atoms with E-state index in [1.165, 1.54) is 12.3 Å². The molecule has 0 fully saturated rings. The van der Waals surface area contributed by atoms with Gasteiger partial charge in [0.25, 0.3) is 5.56 Å². The molecule has 0 bridgehead atoms. The highest BCUT2D eigenvalue weighted by atomic mass is 16.2. The van der Waals surface area contributed by atoms with Crippen LogP contribution in [-0.2, 0) is 0 Å². The zero-order valence-corrected chi connectivity index (χ0v) is 4.63. The standard InChI is InChI=1S/C5H5N2O2/c1-7-4(8)2-3-6-5(7)9/h2-3H,1H2,(H,6,9). The highest BCUT2D eigenvalue weighted by molar-refractivity contribution is 4.83. The lowest BCUT2D eigenvalue weighted by Crippen LogP contribution is -2.29. The maximum atomic E-state index is 10.5. The third-order valence-electron chi connectivity index (χ3n) is 0.944. The number of hydrogen-bond acceptors (Lipinski definition) is 2. The Kier molecular flexibility index (Phi) is 1.22. The van der Waals surface area contributed by atoms with E-state index in [4.69, 9.17) is 0 Å². The predicted molar refractivity (Wildman–Crippen MR) is 32.1 cm³/mol. The van der Waals surface area contributed by atoms with E-state index >= 15 is 0 Å². The van der Waals surface area contributed by atoms with Gasteiger partial charge in [0.05, 0.1) is 0 Å². The van der Waals surface area contributed by atoms with Crippen LogP contribution in [0.2, 0.25) is 0 Å². The number of hydrogen-bond donors (Lipinski definition) is 1. The molecule has 0 amide bonds. The highest BCUT2D eigenvalue weighted by Gasteiger charge is 1.88. The number of aromatic amines is 1. The summed E-state index contributed by atoms with van der Waals surface area (Å²) in [5, 5.41) is 0. The van der Waals surface area contributed by atoms with Crippen molar-refractivity contribution in [1.29, 1.82) is 0 Å². The van der Waals surface area contributed by atoms with Gasteiger partial charge in [-0.25, -0.2) is 4.79 Å². The summed E-state index contributed by atoms with van der Waals surface area (Å²) in [5.41, 5.74) is -0.902. The van der Waals surface area contributed by atoms with Crippen molar-refractivity contribution >= 4 is 0 Å². The minimum atomic E-state index is -0.498. The molecule has 1 N–H and O–H groups in total. The first-order valence-electron chi connectivity index (χ1n) is 2.33. The van der Waals surface area contributed by atoms with Crippen molar-refractivity contribution in [2.24, 2.45) is 0 Å². The minimum absolute atomic E-state index is 0.404. The molecule has 0 spiro atoms. The monoisotopic (exact) mass is 125 g/mol. The molecule has 4 heteroatoms. The Morgan fingerprint density at radius 3 is 2.67 bits per heavy atom. The van der Waals surface area contributed by atoms with Crippen LogP contribution in [0.15, 0.2) is 21.9 Å². The molecule has 0 atom stereocenters. The van der Waals surface area contributed by atoms with E-state index in [0.29, 0.717) is 0 Å². The molecule has 1 aromatic rings. The van der Waals surface area contributed by atoms with Gasteiger partial charge in [0.15, 0.2) is 0 Å². The van der Waals surface area contributed by atoms with Gasteiger partial charge in [-0.05, 0) is 0 Å². The first kappa shape index (κ1) is 5.81. The van der Waals surface area contributed by atoms with Gasteiger partial charge in [-0.2, -0.15) is 0 Å². The van der Waals surface area contributed by atoms with Gasteiger partial charge in [0.2, 0.25) is 0 Å². The lowest BCUT2D eigenvalue weighted by atomic mass is 10.6. The minimum Gasteiger partial charge on any atom is -0.314 e. The Bertz CT molecular complexity index is 281. The maximum absolute atomic E-state index is 10.5. The second-order valence-corrected chi connectivity index (χ2v) is 1.55. The van der Waals surface area contributed by atoms with E-state index in [2.05, 4.69) is 12.0 Å². The van der Waals surface area contributed by atoms with Crippen LogP contribution in [0.3, 0.4) is 0 Å². The average molecular weight is 125 g/mol.